The Morgan fingerprint density at radius 1 is 0.960 bits per heavy atom. The average molecular weight is 332 g/mol. The summed E-state index contributed by atoms with van der Waals surface area (Å²) in [6.07, 6.45) is 5.62. The van der Waals surface area contributed by atoms with Crippen molar-refractivity contribution in [3.05, 3.63) is 89.9 Å². The molecule has 0 atom stereocenters. The van der Waals surface area contributed by atoms with Crippen molar-refractivity contribution in [3.63, 3.8) is 0 Å². The normalized spacial score (nSPS) is 10.6. The Bertz CT molecular complexity index is 759. The molecule has 0 saturated carbocycles. The standard InChI is InChI=1S/C21H24N4/c1-18-10-12-22-15-20(18)16-23-13-14-25(21-9-5-6-11-24-21)17-19-7-3-2-4-8-19/h2-12,15,23H,13-14,16-17H2,1H3. The first-order valence-electron chi connectivity index (χ1n) is 8.63. The molecule has 4 nitrogen and oxygen atoms in total. The van der Waals surface area contributed by atoms with E-state index >= 15 is 0 Å². The second kappa shape index (κ2) is 8.94. The number of nitrogens with zero attached hydrogens (tertiary/aromatic N) is 3. The molecule has 0 aliphatic heterocycles. The fourth-order valence-corrected chi connectivity index (χ4v) is 2.74. The molecule has 0 saturated heterocycles. The van der Waals surface area contributed by atoms with Gasteiger partial charge in [0.15, 0.2) is 0 Å². The topological polar surface area (TPSA) is 41.1 Å². The van der Waals surface area contributed by atoms with Crippen LogP contribution in [0.25, 0.3) is 0 Å². The fraction of sp³-hybridized carbons (Fsp3) is 0.238. The van der Waals surface area contributed by atoms with Crippen LogP contribution in [0.2, 0.25) is 0 Å². The molecule has 1 N–H and O–H groups in total. The van der Waals surface area contributed by atoms with Crippen LogP contribution in [0, 0.1) is 6.92 Å². The van der Waals surface area contributed by atoms with E-state index in [1.807, 2.05) is 42.9 Å². The van der Waals surface area contributed by atoms with E-state index < -0.39 is 0 Å². The maximum Gasteiger partial charge on any atom is 0.128 e. The lowest BCUT2D eigenvalue weighted by Gasteiger charge is -2.24. The zero-order valence-corrected chi connectivity index (χ0v) is 14.6. The lowest BCUT2D eigenvalue weighted by atomic mass is 10.1. The minimum absolute atomic E-state index is 0.834. The monoisotopic (exact) mass is 332 g/mol. The highest BCUT2D eigenvalue weighted by atomic mass is 15.2. The van der Waals surface area contributed by atoms with Crippen LogP contribution in [0.1, 0.15) is 16.7 Å². The number of benzene rings is 1. The molecule has 0 amide bonds. The number of pyridine rings is 2. The first kappa shape index (κ1) is 17.1. The van der Waals surface area contributed by atoms with Crippen LogP contribution in [-0.4, -0.2) is 23.1 Å². The fourth-order valence-electron chi connectivity index (χ4n) is 2.74. The zero-order chi connectivity index (χ0) is 17.3. The Morgan fingerprint density at radius 2 is 1.80 bits per heavy atom. The minimum Gasteiger partial charge on any atom is -0.351 e. The highest BCUT2D eigenvalue weighted by Crippen LogP contribution is 2.13. The molecule has 128 valence electrons. The van der Waals surface area contributed by atoms with Crippen molar-refractivity contribution in [3.8, 4) is 0 Å². The lowest BCUT2D eigenvalue weighted by molar-refractivity contribution is 0.651. The summed E-state index contributed by atoms with van der Waals surface area (Å²) in [5, 5.41) is 3.52. The molecule has 0 aliphatic carbocycles. The average Bonchev–Trinajstić information content (AvgIpc) is 2.67. The van der Waals surface area contributed by atoms with Crippen molar-refractivity contribution in [1.29, 1.82) is 0 Å². The Morgan fingerprint density at radius 3 is 2.56 bits per heavy atom. The van der Waals surface area contributed by atoms with E-state index in [0.29, 0.717) is 0 Å². The summed E-state index contributed by atoms with van der Waals surface area (Å²) in [5.74, 6) is 1.01. The number of nitrogens with one attached hydrogen (secondary N) is 1. The van der Waals surface area contributed by atoms with Crippen molar-refractivity contribution in [2.75, 3.05) is 18.0 Å². The van der Waals surface area contributed by atoms with Gasteiger partial charge in [0.1, 0.15) is 5.82 Å². The van der Waals surface area contributed by atoms with Gasteiger partial charge in [-0.05, 0) is 41.8 Å². The number of hydrogen-bond donors (Lipinski definition) is 1. The second-order valence-electron chi connectivity index (χ2n) is 6.07. The van der Waals surface area contributed by atoms with Gasteiger partial charge in [-0.25, -0.2) is 4.98 Å². The van der Waals surface area contributed by atoms with Crippen LogP contribution >= 0.6 is 0 Å². The molecule has 3 aromatic rings. The molecule has 0 aliphatic rings. The summed E-state index contributed by atoms with van der Waals surface area (Å²) in [4.78, 5) is 11.0. The number of aryl methyl sites for hydroxylation is 1. The summed E-state index contributed by atoms with van der Waals surface area (Å²) >= 11 is 0. The van der Waals surface area contributed by atoms with E-state index in [0.717, 1.165) is 32.0 Å². The predicted molar refractivity (Wildman–Crippen MR) is 102 cm³/mol. The van der Waals surface area contributed by atoms with E-state index in [1.54, 1.807) is 0 Å². The van der Waals surface area contributed by atoms with E-state index in [2.05, 4.69) is 57.4 Å². The van der Waals surface area contributed by atoms with Crippen molar-refractivity contribution >= 4 is 5.82 Å². The molecular formula is C21H24N4. The highest BCUT2D eigenvalue weighted by molar-refractivity contribution is 5.39. The third kappa shape index (κ3) is 5.13. The zero-order valence-electron chi connectivity index (χ0n) is 14.6. The largest absolute Gasteiger partial charge is 0.351 e. The van der Waals surface area contributed by atoms with Crippen molar-refractivity contribution in [1.82, 2.24) is 15.3 Å². The van der Waals surface area contributed by atoms with Crippen LogP contribution in [0.3, 0.4) is 0 Å². The summed E-state index contributed by atoms with van der Waals surface area (Å²) in [6.45, 7) is 5.59. The summed E-state index contributed by atoms with van der Waals surface area (Å²) in [6, 6.07) is 18.6. The molecule has 25 heavy (non-hydrogen) atoms. The highest BCUT2D eigenvalue weighted by Gasteiger charge is 2.08. The van der Waals surface area contributed by atoms with Crippen LogP contribution in [-0.2, 0) is 13.1 Å². The van der Waals surface area contributed by atoms with E-state index in [9.17, 15) is 0 Å². The van der Waals surface area contributed by atoms with Gasteiger partial charge in [-0.1, -0.05) is 36.4 Å². The molecule has 0 unspecified atom stereocenters. The Balaban J connectivity index is 1.59. The maximum atomic E-state index is 4.51. The molecule has 4 heteroatoms. The van der Waals surface area contributed by atoms with E-state index in [-0.39, 0.29) is 0 Å². The smallest absolute Gasteiger partial charge is 0.128 e. The number of rotatable bonds is 8. The molecule has 3 rings (SSSR count). The van der Waals surface area contributed by atoms with E-state index in [1.165, 1.54) is 16.7 Å². The van der Waals surface area contributed by atoms with Gasteiger partial charge in [-0.15, -0.1) is 0 Å². The van der Waals surface area contributed by atoms with Gasteiger partial charge in [0.2, 0.25) is 0 Å². The van der Waals surface area contributed by atoms with Gasteiger partial charge in [-0.3, -0.25) is 4.98 Å². The van der Waals surface area contributed by atoms with E-state index in [4.69, 9.17) is 0 Å². The van der Waals surface area contributed by atoms with Gasteiger partial charge in [0.05, 0.1) is 0 Å². The summed E-state index contributed by atoms with van der Waals surface area (Å²) < 4.78 is 0. The summed E-state index contributed by atoms with van der Waals surface area (Å²) in [5.41, 5.74) is 3.81. The molecule has 0 bridgehead atoms. The molecular weight excluding hydrogens is 308 g/mol. The van der Waals surface area contributed by atoms with Crippen LogP contribution in [0.5, 0.6) is 0 Å². The molecule has 2 heterocycles. The Labute approximate surface area is 149 Å². The predicted octanol–water partition coefficient (Wildman–Crippen LogP) is 3.58. The van der Waals surface area contributed by atoms with Crippen LogP contribution in [0.4, 0.5) is 5.82 Å². The third-order valence-electron chi connectivity index (χ3n) is 4.21. The van der Waals surface area contributed by atoms with Gasteiger partial charge in [-0.2, -0.15) is 0 Å². The molecule has 1 aromatic carbocycles. The maximum absolute atomic E-state index is 4.51. The van der Waals surface area contributed by atoms with Gasteiger partial charge < -0.3 is 10.2 Å². The number of anilines is 1. The van der Waals surface area contributed by atoms with Gasteiger partial charge >= 0.3 is 0 Å². The lowest BCUT2D eigenvalue weighted by Crippen LogP contribution is -2.32. The van der Waals surface area contributed by atoms with Gasteiger partial charge in [0.25, 0.3) is 0 Å². The quantitative estimate of drug-likeness (QED) is 0.640. The van der Waals surface area contributed by atoms with Gasteiger partial charge in [0, 0.05) is 44.8 Å². The van der Waals surface area contributed by atoms with Crippen molar-refractivity contribution < 1.29 is 0 Å². The summed E-state index contributed by atoms with van der Waals surface area (Å²) in [7, 11) is 0. The molecule has 0 fully saturated rings. The molecule has 0 spiro atoms. The van der Waals surface area contributed by atoms with Crippen LogP contribution < -0.4 is 10.2 Å². The minimum atomic E-state index is 0.834. The first-order chi connectivity index (χ1) is 12.3. The number of aromatic nitrogens is 2. The van der Waals surface area contributed by atoms with Crippen LogP contribution in [0.15, 0.2) is 73.2 Å². The second-order valence-corrected chi connectivity index (χ2v) is 6.07. The van der Waals surface area contributed by atoms with Crippen molar-refractivity contribution in [2.45, 2.75) is 20.0 Å². The number of hydrogen-bond acceptors (Lipinski definition) is 4. The Hall–Kier alpha value is -2.72. The molecule has 0 radical (unpaired) electrons. The SMILES string of the molecule is Cc1ccncc1CNCCN(Cc1ccccc1)c1ccccn1. The Kier molecular flexibility index (Phi) is 6.12. The molecule has 2 aromatic heterocycles. The van der Waals surface area contributed by atoms with Crippen molar-refractivity contribution in [2.24, 2.45) is 0 Å². The first-order valence-corrected chi connectivity index (χ1v) is 8.63. The third-order valence-corrected chi connectivity index (χ3v) is 4.21.